The molecule has 3 aromatic rings. The summed E-state index contributed by atoms with van der Waals surface area (Å²) in [5.74, 6) is 1.03. The van der Waals surface area contributed by atoms with E-state index in [1.165, 1.54) is 31.4 Å². The zero-order valence-electron chi connectivity index (χ0n) is 16.3. The third-order valence-corrected chi connectivity index (χ3v) is 5.56. The third kappa shape index (κ3) is 5.14. The van der Waals surface area contributed by atoms with Crippen molar-refractivity contribution in [1.29, 1.82) is 0 Å². The summed E-state index contributed by atoms with van der Waals surface area (Å²) in [6.07, 6.45) is 0.0750. The standard InChI is InChI=1S/C19H19ClN4O6S/c1-29-15-7-4-12(10-14(15)20)17-18(11-2-5-13(6-3-11)31(22,27)28)30-16(23-17)8-9-24(26)19(21)25/h2-7,10,26H,8-9H2,1H3,(H2,21,25)(H2,22,27,28). The molecule has 0 fully saturated rings. The van der Waals surface area contributed by atoms with Crippen molar-refractivity contribution in [2.24, 2.45) is 10.9 Å². The van der Waals surface area contributed by atoms with Crippen molar-refractivity contribution in [3.05, 3.63) is 53.4 Å². The van der Waals surface area contributed by atoms with Crippen LogP contribution in [0.1, 0.15) is 5.89 Å². The topological polar surface area (TPSA) is 162 Å². The molecule has 0 bridgehead atoms. The average Bonchev–Trinajstić information content (AvgIpc) is 3.15. The van der Waals surface area contributed by atoms with E-state index in [0.717, 1.165) is 0 Å². The van der Waals surface area contributed by atoms with Crippen molar-refractivity contribution in [2.45, 2.75) is 11.3 Å². The summed E-state index contributed by atoms with van der Waals surface area (Å²) in [6, 6.07) is 9.79. The number of amides is 2. The molecule has 1 heterocycles. The zero-order chi connectivity index (χ0) is 22.8. The molecule has 164 valence electrons. The van der Waals surface area contributed by atoms with Crippen molar-refractivity contribution >= 4 is 27.7 Å². The van der Waals surface area contributed by atoms with E-state index in [2.05, 4.69) is 4.98 Å². The Bertz CT molecular complexity index is 1210. The van der Waals surface area contributed by atoms with Gasteiger partial charge in [0, 0.05) is 17.5 Å². The Balaban J connectivity index is 2.05. The number of nitrogens with two attached hydrogens (primary N) is 2. The van der Waals surface area contributed by atoms with Gasteiger partial charge in [-0.15, -0.1) is 0 Å². The van der Waals surface area contributed by atoms with Crippen molar-refractivity contribution in [3.8, 4) is 28.3 Å². The van der Waals surface area contributed by atoms with Gasteiger partial charge < -0.3 is 14.9 Å². The first-order valence-electron chi connectivity index (χ1n) is 8.83. The lowest BCUT2D eigenvalue weighted by atomic mass is 10.1. The van der Waals surface area contributed by atoms with Crippen LogP contribution < -0.4 is 15.6 Å². The molecule has 0 aliphatic carbocycles. The number of sulfonamides is 1. The Labute approximate surface area is 183 Å². The number of rotatable bonds is 7. The quantitative estimate of drug-likeness (QED) is 0.356. The number of hydroxylamine groups is 2. The molecule has 31 heavy (non-hydrogen) atoms. The van der Waals surface area contributed by atoms with Crippen LogP contribution in [0.3, 0.4) is 0 Å². The number of methoxy groups -OCH3 is 1. The molecule has 0 saturated carbocycles. The summed E-state index contributed by atoms with van der Waals surface area (Å²) >= 11 is 6.24. The molecule has 0 radical (unpaired) electrons. The largest absolute Gasteiger partial charge is 0.495 e. The molecule has 12 heteroatoms. The molecule has 0 aliphatic heterocycles. The van der Waals surface area contributed by atoms with Crippen LogP contribution in [0.2, 0.25) is 5.02 Å². The summed E-state index contributed by atoms with van der Waals surface area (Å²) < 4.78 is 34.1. The van der Waals surface area contributed by atoms with Gasteiger partial charge in [0.2, 0.25) is 10.0 Å². The Morgan fingerprint density at radius 1 is 1.23 bits per heavy atom. The molecule has 0 atom stereocenters. The second-order valence-electron chi connectivity index (χ2n) is 6.42. The molecule has 3 rings (SSSR count). The van der Waals surface area contributed by atoms with Crippen LogP contribution in [-0.2, 0) is 16.4 Å². The number of primary amides is 1. The van der Waals surface area contributed by atoms with Crippen LogP contribution >= 0.6 is 11.6 Å². The molecule has 10 nitrogen and oxygen atoms in total. The lowest BCUT2D eigenvalue weighted by Gasteiger charge is -2.09. The normalized spacial score (nSPS) is 11.4. The fraction of sp³-hybridized carbons (Fsp3) is 0.158. The van der Waals surface area contributed by atoms with E-state index in [1.54, 1.807) is 18.2 Å². The van der Waals surface area contributed by atoms with Gasteiger partial charge in [0.1, 0.15) is 11.4 Å². The van der Waals surface area contributed by atoms with Gasteiger partial charge >= 0.3 is 6.03 Å². The van der Waals surface area contributed by atoms with Crippen molar-refractivity contribution < 1.29 is 27.6 Å². The Hall–Kier alpha value is -3.12. The monoisotopic (exact) mass is 466 g/mol. The predicted molar refractivity (Wildman–Crippen MR) is 112 cm³/mol. The number of primary sulfonamides is 1. The molecule has 0 aliphatic rings. The maximum atomic E-state index is 11.5. The molecule has 1 aromatic heterocycles. The number of oxazole rings is 1. The van der Waals surface area contributed by atoms with E-state index in [4.69, 9.17) is 31.6 Å². The van der Waals surface area contributed by atoms with Crippen LogP contribution in [0.4, 0.5) is 4.79 Å². The fourth-order valence-electron chi connectivity index (χ4n) is 2.78. The highest BCUT2D eigenvalue weighted by atomic mass is 35.5. The number of aromatic nitrogens is 1. The van der Waals surface area contributed by atoms with E-state index in [-0.39, 0.29) is 23.8 Å². The van der Waals surface area contributed by atoms with Gasteiger partial charge in [-0.3, -0.25) is 5.21 Å². The Morgan fingerprint density at radius 2 is 1.87 bits per heavy atom. The highest BCUT2D eigenvalue weighted by molar-refractivity contribution is 7.89. The Morgan fingerprint density at radius 3 is 2.42 bits per heavy atom. The molecular weight excluding hydrogens is 448 g/mol. The lowest BCUT2D eigenvalue weighted by molar-refractivity contribution is -0.0392. The molecule has 2 aromatic carbocycles. The number of urea groups is 1. The van der Waals surface area contributed by atoms with Crippen LogP contribution in [0, 0.1) is 0 Å². The summed E-state index contributed by atoms with van der Waals surface area (Å²) in [7, 11) is -2.36. The van der Waals surface area contributed by atoms with Crippen molar-refractivity contribution in [2.75, 3.05) is 13.7 Å². The summed E-state index contributed by atoms with van der Waals surface area (Å²) in [5.41, 5.74) is 6.58. The zero-order valence-corrected chi connectivity index (χ0v) is 17.9. The number of carbonyl (C=O) groups excluding carboxylic acids is 1. The first-order chi connectivity index (χ1) is 14.6. The third-order valence-electron chi connectivity index (χ3n) is 4.33. The summed E-state index contributed by atoms with van der Waals surface area (Å²) in [4.78, 5) is 15.4. The number of halogens is 1. The minimum Gasteiger partial charge on any atom is -0.495 e. The van der Waals surface area contributed by atoms with Gasteiger partial charge in [0.05, 0.1) is 23.6 Å². The van der Waals surface area contributed by atoms with Crippen LogP contribution in [0.5, 0.6) is 5.75 Å². The van der Waals surface area contributed by atoms with Gasteiger partial charge in [-0.2, -0.15) is 0 Å². The van der Waals surface area contributed by atoms with E-state index in [9.17, 15) is 18.4 Å². The molecular formula is C19H19ClN4O6S. The second-order valence-corrected chi connectivity index (χ2v) is 8.38. The maximum absolute atomic E-state index is 11.5. The summed E-state index contributed by atoms with van der Waals surface area (Å²) in [6.45, 7) is -0.136. The summed E-state index contributed by atoms with van der Waals surface area (Å²) in [5, 5.41) is 15.3. The van der Waals surface area contributed by atoms with Crippen molar-refractivity contribution in [3.63, 3.8) is 0 Å². The van der Waals surface area contributed by atoms with Gasteiger partial charge in [0.15, 0.2) is 11.7 Å². The van der Waals surface area contributed by atoms with Crippen LogP contribution in [-0.4, -0.2) is 43.4 Å². The van der Waals surface area contributed by atoms with E-state index in [1.807, 2.05) is 0 Å². The minimum absolute atomic E-state index is 0.0533. The molecule has 0 unspecified atom stereocenters. The van der Waals surface area contributed by atoms with E-state index >= 15 is 0 Å². The van der Waals surface area contributed by atoms with E-state index in [0.29, 0.717) is 38.4 Å². The first kappa shape index (κ1) is 22.6. The maximum Gasteiger partial charge on any atom is 0.338 e. The fourth-order valence-corrected chi connectivity index (χ4v) is 3.56. The molecule has 0 spiro atoms. The number of hydrogen-bond acceptors (Lipinski definition) is 7. The van der Waals surface area contributed by atoms with Crippen LogP contribution in [0.25, 0.3) is 22.6 Å². The number of hydrogen-bond donors (Lipinski definition) is 3. The number of ether oxygens (including phenoxy) is 1. The Kier molecular flexibility index (Phi) is 6.51. The molecule has 5 N–H and O–H groups in total. The van der Waals surface area contributed by atoms with Crippen molar-refractivity contribution in [1.82, 2.24) is 10.0 Å². The second kappa shape index (κ2) is 8.94. The van der Waals surface area contributed by atoms with Gasteiger partial charge in [0.25, 0.3) is 0 Å². The predicted octanol–water partition coefficient (Wildman–Crippen LogP) is 2.63. The van der Waals surface area contributed by atoms with E-state index < -0.39 is 16.1 Å². The SMILES string of the molecule is COc1ccc(-c2nc(CCN(O)C(N)=O)oc2-c2ccc(S(N)(=O)=O)cc2)cc1Cl. The highest BCUT2D eigenvalue weighted by Crippen LogP contribution is 2.36. The number of benzene rings is 2. The highest BCUT2D eigenvalue weighted by Gasteiger charge is 2.20. The molecule has 0 saturated heterocycles. The first-order valence-corrected chi connectivity index (χ1v) is 10.7. The van der Waals surface area contributed by atoms with Gasteiger partial charge in [-0.25, -0.2) is 28.4 Å². The lowest BCUT2D eigenvalue weighted by Crippen LogP contribution is -2.34. The average molecular weight is 467 g/mol. The minimum atomic E-state index is -3.85. The van der Waals surface area contributed by atoms with Crippen LogP contribution in [0.15, 0.2) is 51.8 Å². The van der Waals surface area contributed by atoms with Gasteiger partial charge in [-0.05, 0) is 42.5 Å². The van der Waals surface area contributed by atoms with Gasteiger partial charge in [-0.1, -0.05) is 11.6 Å². The number of carbonyl (C=O) groups is 1. The molecule has 2 amide bonds. The smallest absolute Gasteiger partial charge is 0.338 e. The number of nitrogens with zero attached hydrogens (tertiary/aromatic N) is 2.